The highest BCUT2D eigenvalue weighted by Gasteiger charge is 2.36. The Morgan fingerprint density at radius 2 is 2.10 bits per heavy atom. The standard InChI is InChI=1S/C13H16N2O4S/c1-15-6-7-19-12-5-2-9(8-11(12)13(15)16)14-20(17,18)10-3-4-10/h2,5,8,10,14H,3-4,6-7H2,1H3. The van der Waals surface area contributed by atoms with Gasteiger partial charge in [0.2, 0.25) is 10.0 Å². The Balaban J connectivity index is 1.92. The van der Waals surface area contributed by atoms with Gasteiger partial charge in [-0.3, -0.25) is 9.52 Å². The molecule has 3 rings (SSSR count). The van der Waals surface area contributed by atoms with Crippen LogP contribution in [0.15, 0.2) is 18.2 Å². The van der Waals surface area contributed by atoms with Gasteiger partial charge in [-0.25, -0.2) is 8.42 Å². The number of rotatable bonds is 3. The van der Waals surface area contributed by atoms with Gasteiger partial charge in [-0.15, -0.1) is 0 Å². The lowest BCUT2D eigenvalue weighted by Crippen LogP contribution is -2.28. The second-order valence-electron chi connectivity index (χ2n) is 5.13. The third-order valence-corrected chi connectivity index (χ3v) is 5.33. The predicted molar refractivity (Wildman–Crippen MR) is 74.5 cm³/mol. The lowest BCUT2D eigenvalue weighted by molar-refractivity contribution is 0.0797. The fourth-order valence-electron chi connectivity index (χ4n) is 2.11. The van der Waals surface area contributed by atoms with Gasteiger partial charge < -0.3 is 9.64 Å². The monoisotopic (exact) mass is 296 g/mol. The molecule has 1 aromatic rings. The summed E-state index contributed by atoms with van der Waals surface area (Å²) >= 11 is 0. The molecule has 1 saturated carbocycles. The molecule has 20 heavy (non-hydrogen) atoms. The molecule has 0 atom stereocenters. The van der Waals surface area contributed by atoms with Gasteiger partial charge in [0.25, 0.3) is 5.91 Å². The van der Waals surface area contributed by atoms with Crippen molar-refractivity contribution in [3.63, 3.8) is 0 Å². The number of ether oxygens (including phenoxy) is 1. The molecule has 1 aliphatic heterocycles. The Morgan fingerprint density at radius 3 is 2.80 bits per heavy atom. The first-order valence-electron chi connectivity index (χ1n) is 6.51. The normalized spacial score (nSPS) is 19.1. The number of likely N-dealkylation sites (N-methyl/N-ethyl adjacent to an activating group) is 1. The number of carbonyl (C=O) groups is 1. The molecule has 1 amide bonds. The number of anilines is 1. The number of benzene rings is 1. The van der Waals surface area contributed by atoms with Crippen LogP contribution in [0, 0.1) is 0 Å². The summed E-state index contributed by atoms with van der Waals surface area (Å²) in [6.07, 6.45) is 1.40. The van der Waals surface area contributed by atoms with Crippen LogP contribution in [-0.4, -0.2) is 44.7 Å². The molecule has 108 valence electrons. The first kappa shape index (κ1) is 13.2. The van der Waals surface area contributed by atoms with Crippen molar-refractivity contribution in [3.05, 3.63) is 23.8 Å². The highest BCUT2D eigenvalue weighted by Crippen LogP contribution is 2.31. The van der Waals surface area contributed by atoms with Crippen molar-refractivity contribution < 1.29 is 17.9 Å². The SMILES string of the molecule is CN1CCOc2ccc(NS(=O)(=O)C3CC3)cc2C1=O. The lowest BCUT2D eigenvalue weighted by atomic mass is 10.1. The molecule has 1 aromatic carbocycles. The quantitative estimate of drug-likeness (QED) is 0.905. The number of hydrogen-bond acceptors (Lipinski definition) is 4. The number of fused-ring (bicyclic) bond motifs is 1. The van der Waals surface area contributed by atoms with Crippen molar-refractivity contribution in [1.29, 1.82) is 0 Å². The van der Waals surface area contributed by atoms with Gasteiger partial charge in [0.15, 0.2) is 0 Å². The first-order chi connectivity index (χ1) is 9.47. The van der Waals surface area contributed by atoms with Crippen LogP contribution in [0.4, 0.5) is 5.69 Å². The van der Waals surface area contributed by atoms with Gasteiger partial charge in [0.1, 0.15) is 12.4 Å². The molecule has 1 aliphatic carbocycles. The number of carbonyl (C=O) groups excluding carboxylic acids is 1. The summed E-state index contributed by atoms with van der Waals surface area (Å²) in [5.74, 6) is 0.332. The van der Waals surface area contributed by atoms with Gasteiger partial charge in [-0.05, 0) is 31.0 Å². The Bertz CT molecular complexity index is 652. The maximum Gasteiger partial charge on any atom is 0.257 e. The van der Waals surface area contributed by atoms with Crippen molar-refractivity contribution in [2.75, 3.05) is 24.9 Å². The molecule has 1 heterocycles. The van der Waals surface area contributed by atoms with E-state index in [1.54, 1.807) is 30.1 Å². The highest BCUT2D eigenvalue weighted by atomic mass is 32.2. The summed E-state index contributed by atoms with van der Waals surface area (Å²) in [5.41, 5.74) is 0.795. The molecule has 0 unspecified atom stereocenters. The summed E-state index contributed by atoms with van der Waals surface area (Å²) in [6, 6.07) is 4.80. The molecule has 1 N–H and O–H groups in total. The van der Waals surface area contributed by atoms with Crippen LogP contribution in [0.1, 0.15) is 23.2 Å². The van der Waals surface area contributed by atoms with Crippen molar-refractivity contribution in [3.8, 4) is 5.75 Å². The number of hydrogen-bond donors (Lipinski definition) is 1. The van der Waals surface area contributed by atoms with Gasteiger partial charge in [0.05, 0.1) is 17.4 Å². The van der Waals surface area contributed by atoms with Crippen molar-refractivity contribution >= 4 is 21.6 Å². The lowest BCUT2D eigenvalue weighted by Gasteiger charge is -2.13. The van der Waals surface area contributed by atoms with E-state index in [1.165, 1.54) is 0 Å². The maximum atomic E-state index is 12.2. The summed E-state index contributed by atoms with van der Waals surface area (Å²) in [6.45, 7) is 0.943. The third kappa shape index (κ3) is 2.45. The molecule has 0 aromatic heterocycles. The highest BCUT2D eigenvalue weighted by molar-refractivity contribution is 7.93. The van der Waals surface area contributed by atoms with E-state index >= 15 is 0 Å². The fourth-order valence-corrected chi connectivity index (χ4v) is 3.49. The van der Waals surface area contributed by atoms with Crippen LogP contribution in [0.25, 0.3) is 0 Å². The van der Waals surface area contributed by atoms with E-state index in [0.717, 1.165) is 0 Å². The Hall–Kier alpha value is -1.76. The van der Waals surface area contributed by atoms with Crippen LogP contribution in [0.2, 0.25) is 0 Å². The van der Waals surface area contributed by atoms with Crippen LogP contribution < -0.4 is 9.46 Å². The predicted octanol–water partition coefficient (Wildman–Crippen LogP) is 1.06. The number of nitrogens with one attached hydrogen (secondary N) is 1. The van der Waals surface area contributed by atoms with Crippen molar-refractivity contribution in [2.45, 2.75) is 18.1 Å². The third-order valence-electron chi connectivity index (χ3n) is 3.46. The Morgan fingerprint density at radius 1 is 1.35 bits per heavy atom. The molecule has 2 aliphatic rings. The second kappa shape index (κ2) is 4.66. The summed E-state index contributed by atoms with van der Waals surface area (Å²) < 4.78 is 31.8. The smallest absolute Gasteiger partial charge is 0.257 e. The topological polar surface area (TPSA) is 75.7 Å². The average molecular weight is 296 g/mol. The van der Waals surface area contributed by atoms with Crippen molar-refractivity contribution in [2.24, 2.45) is 0 Å². The molecule has 0 radical (unpaired) electrons. The molecular weight excluding hydrogens is 280 g/mol. The zero-order valence-electron chi connectivity index (χ0n) is 11.1. The van der Waals surface area contributed by atoms with Gasteiger partial charge in [-0.1, -0.05) is 0 Å². The summed E-state index contributed by atoms with van der Waals surface area (Å²) in [7, 11) is -1.63. The van der Waals surface area contributed by atoms with E-state index in [1.807, 2.05) is 0 Å². The minimum Gasteiger partial charge on any atom is -0.491 e. The molecular formula is C13H16N2O4S. The Kier molecular flexibility index (Phi) is 3.08. The molecule has 1 fully saturated rings. The maximum absolute atomic E-state index is 12.2. The second-order valence-corrected chi connectivity index (χ2v) is 7.09. The van der Waals surface area contributed by atoms with Gasteiger partial charge in [-0.2, -0.15) is 0 Å². The van der Waals surface area contributed by atoms with Gasteiger partial charge in [0, 0.05) is 12.7 Å². The molecule has 0 bridgehead atoms. The molecule has 0 saturated heterocycles. The van der Waals surface area contributed by atoms with Crippen LogP contribution in [0.5, 0.6) is 5.75 Å². The van der Waals surface area contributed by atoms with E-state index in [4.69, 9.17) is 4.74 Å². The number of amides is 1. The molecule has 0 spiro atoms. The van der Waals surface area contributed by atoms with Crippen LogP contribution in [-0.2, 0) is 10.0 Å². The molecule has 6 nitrogen and oxygen atoms in total. The zero-order chi connectivity index (χ0) is 14.3. The van der Waals surface area contributed by atoms with Gasteiger partial charge >= 0.3 is 0 Å². The zero-order valence-corrected chi connectivity index (χ0v) is 11.9. The minimum atomic E-state index is -3.32. The summed E-state index contributed by atoms with van der Waals surface area (Å²) in [4.78, 5) is 13.7. The van der Waals surface area contributed by atoms with Crippen LogP contribution >= 0.6 is 0 Å². The van der Waals surface area contributed by atoms with E-state index in [9.17, 15) is 13.2 Å². The van der Waals surface area contributed by atoms with E-state index in [0.29, 0.717) is 43.0 Å². The first-order valence-corrected chi connectivity index (χ1v) is 8.06. The number of nitrogens with zero attached hydrogens (tertiary/aromatic N) is 1. The molecule has 7 heteroatoms. The van der Waals surface area contributed by atoms with E-state index in [2.05, 4.69) is 4.72 Å². The summed E-state index contributed by atoms with van der Waals surface area (Å²) in [5, 5.41) is -0.295. The van der Waals surface area contributed by atoms with E-state index in [-0.39, 0.29) is 11.2 Å². The largest absolute Gasteiger partial charge is 0.491 e. The number of sulfonamides is 1. The Labute approximate surface area is 117 Å². The van der Waals surface area contributed by atoms with Crippen LogP contribution in [0.3, 0.4) is 0 Å². The average Bonchev–Trinajstić information content (AvgIpc) is 3.22. The fraction of sp³-hybridized carbons (Fsp3) is 0.462. The minimum absolute atomic E-state index is 0.162. The van der Waals surface area contributed by atoms with Crippen molar-refractivity contribution in [1.82, 2.24) is 4.90 Å². The van der Waals surface area contributed by atoms with E-state index < -0.39 is 10.0 Å².